The predicted molar refractivity (Wildman–Crippen MR) is 77.5 cm³/mol. The Labute approximate surface area is 122 Å². The lowest BCUT2D eigenvalue weighted by molar-refractivity contribution is 0.397. The van der Waals surface area contributed by atoms with Gasteiger partial charge in [-0.1, -0.05) is 11.6 Å². The van der Waals surface area contributed by atoms with Crippen LogP contribution in [-0.2, 0) is 13.5 Å². The van der Waals surface area contributed by atoms with Crippen molar-refractivity contribution >= 4 is 11.6 Å². The van der Waals surface area contributed by atoms with Crippen molar-refractivity contribution in [1.82, 2.24) is 20.2 Å². The van der Waals surface area contributed by atoms with E-state index in [2.05, 4.69) is 15.5 Å². The summed E-state index contributed by atoms with van der Waals surface area (Å²) in [6.45, 7) is 1.93. The first-order chi connectivity index (χ1) is 9.58. The van der Waals surface area contributed by atoms with Crippen LogP contribution in [0, 0.1) is 6.92 Å². The number of aryl methyl sites for hydroxylation is 2. The number of pyridine rings is 1. The van der Waals surface area contributed by atoms with Crippen LogP contribution in [0.25, 0.3) is 0 Å². The van der Waals surface area contributed by atoms with Gasteiger partial charge in [-0.25, -0.2) is 0 Å². The zero-order valence-electron chi connectivity index (χ0n) is 11.7. The van der Waals surface area contributed by atoms with Crippen LogP contribution in [0.1, 0.15) is 22.9 Å². The molecule has 2 aromatic heterocycles. The Morgan fingerprint density at radius 1 is 1.55 bits per heavy atom. The van der Waals surface area contributed by atoms with E-state index in [1.807, 2.05) is 20.0 Å². The number of hydrogen-bond acceptors (Lipinski definition) is 5. The van der Waals surface area contributed by atoms with Crippen LogP contribution in [0.15, 0.2) is 18.5 Å². The Balaban J connectivity index is 2.34. The lowest BCUT2D eigenvalue weighted by atomic mass is 10.00. The molecule has 0 aliphatic carbocycles. The van der Waals surface area contributed by atoms with Gasteiger partial charge in [0.2, 0.25) is 0 Å². The quantitative estimate of drug-likeness (QED) is 0.646. The molecule has 2 heterocycles. The number of hydrazine groups is 1. The number of aromatic nitrogens is 3. The molecule has 6 nitrogen and oxygen atoms in total. The van der Waals surface area contributed by atoms with Crippen molar-refractivity contribution in [3.05, 3.63) is 40.4 Å². The van der Waals surface area contributed by atoms with Crippen LogP contribution in [0.2, 0.25) is 5.15 Å². The fraction of sp³-hybridized carbons (Fsp3) is 0.385. The molecule has 0 aliphatic rings. The smallest absolute Gasteiger partial charge is 0.141 e. The average Bonchev–Trinajstić information content (AvgIpc) is 2.70. The first kappa shape index (κ1) is 14.8. The Bertz CT molecular complexity index is 598. The molecule has 20 heavy (non-hydrogen) atoms. The highest BCUT2D eigenvalue weighted by Crippen LogP contribution is 2.29. The van der Waals surface area contributed by atoms with Crippen molar-refractivity contribution in [2.24, 2.45) is 12.9 Å². The van der Waals surface area contributed by atoms with E-state index >= 15 is 0 Å². The predicted octanol–water partition coefficient (Wildman–Crippen LogP) is 1.53. The van der Waals surface area contributed by atoms with Gasteiger partial charge in [-0.2, -0.15) is 5.10 Å². The van der Waals surface area contributed by atoms with E-state index in [9.17, 15) is 0 Å². The summed E-state index contributed by atoms with van der Waals surface area (Å²) in [5.74, 6) is 6.37. The number of hydrogen-bond donors (Lipinski definition) is 2. The normalized spacial score (nSPS) is 12.4. The topological polar surface area (TPSA) is 78.0 Å². The molecule has 0 saturated heterocycles. The summed E-state index contributed by atoms with van der Waals surface area (Å²) < 4.78 is 6.98. The summed E-state index contributed by atoms with van der Waals surface area (Å²) in [5.41, 5.74) is 5.60. The maximum atomic E-state index is 6.26. The van der Waals surface area contributed by atoms with Crippen molar-refractivity contribution in [2.75, 3.05) is 7.11 Å². The molecule has 3 N–H and O–H groups in total. The van der Waals surface area contributed by atoms with Gasteiger partial charge in [0.05, 0.1) is 25.0 Å². The molecular formula is C13H18ClN5O. The van der Waals surface area contributed by atoms with E-state index < -0.39 is 0 Å². The number of ether oxygens (including phenoxy) is 1. The van der Waals surface area contributed by atoms with E-state index in [1.54, 1.807) is 24.2 Å². The Morgan fingerprint density at radius 3 is 2.85 bits per heavy atom. The monoisotopic (exact) mass is 295 g/mol. The van der Waals surface area contributed by atoms with E-state index in [1.165, 1.54) is 0 Å². The number of halogens is 1. The van der Waals surface area contributed by atoms with Crippen LogP contribution in [0.5, 0.6) is 5.75 Å². The standard InChI is InChI=1S/C13H18ClN5O/c1-8-10(13(14)19(2)18-8)6-11(17-15)9-4-5-16-7-12(9)20-3/h4-5,7,11,17H,6,15H2,1-3H3. The molecule has 108 valence electrons. The van der Waals surface area contributed by atoms with E-state index in [0.29, 0.717) is 17.3 Å². The van der Waals surface area contributed by atoms with Crippen LogP contribution in [0.4, 0.5) is 0 Å². The van der Waals surface area contributed by atoms with Gasteiger partial charge in [-0.05, 0) is 19.4 Å². The van der Waals surface area contributed by atoms with E-state index in [4.69, 9.17) is 22.2 Å². The Kier molecular flexibility index (Phi) is 4.59. The van der Waals surface area contributed by atoms with Crippen molar-refractivity contribution in [3.8, 4) is 5.75 Å². The minimum atomic E-state index is -0.131. The number of nitrogens with zero attached hydrogens (tertiary/aromatic N) is 3. The van der Waals surface area contributed by atoms with Gasteiger partial charge < -0.3 is 4.74 Å². The first-order valence-corrected chi connectivity index (χ1v) is 6.58. The van der Waals surface area contributed by atoms with Crippen LogP contribution >= 0.6 is 11.6 Å². The molecule has 0 fully saturated rings. The highest BCUT2D eigenvalue weighted by atomic mass is 35.5. The maximum Gasteiger partial charge on any atom is 0.141 e. The highest BCUT2D eigenvalue weighted by Gasteiger charge is 2.20. The molecule has 1 unspecified atom stereocenters. The number of methoxy groups -OCH3 is 1. The van der Waals surface area contributed by atoms with Gasteiger partial charge in [0.15, 0.2) is 0 Å². The highest BCUT2D eigenvalue weighted by molar-refractivity contribution is 6.30. The second kappa shape index (κ2) is 6.21. The third kappa shape index (κ3) is 2.77. The molecule has 0 amide bonds. The van der Waals surface area contributed by atoms with Gasteiger partial charge in [-0.3, -0.25) is 20.9 Å². The maximum absolute atomic E-state index is 6.26. The molecule has 0 radical (unpaired) electrons. The molecular weight excluding hydrogens is 278 g/mol. The summed E-state index contributed by atoms with van der Waals surface area (Å²) in [4.78, 5) is 4.04. The van der Waals surface area contributed by atoms with Gasteiger partial charge in [-0.15, -0.1) is 0 Å². The van der Waals surface area contributed by atoms with Gasteiger partial charge >= 0.3 is 0 Å². The number of nitrogens with two attached hydrogens (primary N) is 1. The molecule has 2 aromatic rings. The zero-order valence-corrected chi connectivity index (χ0v) is 12.5. The van der Waals surface area contributed by atoms with E-state index in [-0.39, 0.29) is 6.04 Å². The number of rotatable bonds is 5. The summed E-state index contributed by atoms with van der Waals surface area (Å²) in [5, 5.41) is 4.93. The zero-order chi connectivity index (χ0) is 14.7. The van der Waals surface area contributed by atoms with Crippen LogP contribution in [-0.4, -0.2) is 21.9 Å². The molecule has 2 rings (SSSR count). The van der Waals surface area contributed by atoms with Crippen LogP contribution < -0.4 is 16.0 Å². The Hall–Kier alpha value is -1.63. The van der Waals surface area contributed by atoms with Gasteiger partial charge in [0.25, 0.3) is 0 Å². The lowest BCUT2D eigenvalue weighted by Crippen LogP contribution is -2.30. The van der Waals surface area contributed by atoms with E-state index in [0.717, 1.165) is 16.8 Å². The van der Waals surface area contributed by atoms with Crippen molar-refractivity contribution < 1.29 is 4.74 Å². The third-order valence-corrected chi connectivity index (χ3v) is 3.76. The van der Waals surface area contributed by atoms with Crippen LogP contribution in [0.3, 0.4) is 0 Å². The molecule has 1 atom stereocenters. The second-order valence-electron chi connectivity index (χ2n) is 4.52. The molecule has 0 aromatic carbocycles. The number of nitrogens with one attached hydrogen (secondary N) is 1. The van der Waals surface area contributed by atoms with Crippen molar-refractivity contribution in [3.63, 3.8) is 0 Å². The fourth-order valence-corrected chi connectivity index (χ4v) is 2.47. The largest absolute Gasteiger partial charge is 0.495 e. The fourth-order valence-electron chi connectivity index (χ4n) is 2.22. The van der Waals surface area contributed by atoms with Crippen molar-refractivity contribution in [2.45, 2.75) is 19.4 Å². The summed E-state index contributed by atoms with van der Waals surface area (Å²) in [7, 11) is 3.42. The minimum Gasteiger partial charge on any atom is -0.495 e. The first-order valence-electron chi connectivity index (χ1n) is 6.20. The molecule has 0 aliphatic heterocycles. The average molecular weight is 296 g/mol. The summed E-state index contributed by atoms with van der Waals surface area (Å²) in [6.07, 6.45) is 3.99. The molecule has 0 bridgehead atoms. The SMILES string of the molecule is COc1cnccc1C(Cc1c(C)nn(C)c1Cl)NN. The minimum absolute atomic E-state index is 0.131. The lowest BCUT2D eigenvalue weighted by Gasteiger charge is -2.18. The second-order valence-corrected chi connectivity index (χ2v) is 4.88. The van der Waals surface area contributed by atoms with Gasteiger partial charge in [0.1, 0.15) is 10.9 Å². The molecule has 7 heteroatoms. The van der Waals surface area contributed by atoms with Gasteiger partial charge in [0, 0.05) is 24.4 Å². The molecule has 0 spiro atoms. The van der Waals surface area contributed by atoms with Crippen molar-refractivity contribution in [1.29, 1.82) is 0 Å². The Morgan fingerprint density at radius 2 is 2.30 bits per heavy atom. The summed E-state index contributed by atoms with van der Waals surface area (Å²) >= 11 is 6.26. The molecule has 0 saturated carbocycles. The third-order valence-electron chi connectivity index (χ3n) is 3.29. The summed E-state index contributed by atoms with van der Waals surface area (Å²) in [6, 6.07) is 1.75.